The SMILES string of the molecule is CCC(O)c1ccc(-c2ccc(OC)c([N+](=O)[O-])c2)o1. The molecule has 106 valence electrons. The van der Waals surface area contributed by atoms with E-state index in [1.165, 1.54) is 19.2 Å². The third kappa shape index (κ3) is 2.65. The smallest absolute Gasteiger partial charge is 0.311 e. The molecule has 2 aromatic rings. The maximum absolute atomic E-state index is 11.0. The number of hydrogen-bond donors (Lipinski definition) is 1. The molecular weight excluding hydrogens is 262 g/mol. The van der Waals surface area contributed by atoms with Gasteiger partial charge < -0.3 is 14.3 Å². The van der Waals surface area contributed by atoms with Crippen molar-refractivity contribution in [2.24, 2.45) is 0 Å². The maximum Gasteiger partial charge on any atom is 0.311 e. The third-order valence-electron chi connectivity index (χ3n) is 3.00. The van der Waals surface area contributed by atoms with Gasteiger partial charge in [-0.25, -0.2) is 0 Å². The fourth-order valence-corrected chi connectivity index (χ4v) is 1.87. The van der Waals surface area contributed by atoms with Crippen LogP contribution in [-0.2, 0) is 0 Å². The number of benzene rings is 1. The van der Waals surface area contributed by atoms with E-state index in [2.05, 4.69) is 0 Å². The number of methoxy groups -OCH3 is 1. The zero-order chi connectivity index (χ0) is 14.7. The summed E-state index contributed by atoms with van der Waals surface area (Å²) >= 11 is 0. The molecule has 0 fully saturated rings. The quantitative estimate of drug-likeness (QED) is 0.669. The average Bonchev–Trinajstić information content (AvgIpc) is 2.95. The molecule has 1 unspecified atom stereocenters. The average molecular weight is 277 g/mol. The van der Waals surface area contributed by atoms with Crippen molar-refractivity contribution in [3.8, 4) is 17.1 Å². The Bertz CT molecular complexity index is 620. The van der Waals surface area contributed by atoms with Gasteiger partial charge in [0.1, 0.15) is 17.6 Å². The highest BCUT2D eigenvalue weighted by Gasteiger charge is 2.18. The molecule has 0 amide bonds. The molecule has 0 aliphatic rings. The summed E-state index contributed by atoms with van der Waals surface area (Å²) in [5, 5.41) is 20.7. The van der Waals surface area contributed by atoms with E-state index in [-0.39, 0.29) is 11.4 Å². The zero-order valence-electron chi connectivity index (χ0n) is 11.2. The first-order valence-corrected chi connectivity index (χ1v) is 6.17. The van der Waals surface area contributed by atoms with Crippen molar-refractivity contribution in [1.82, 2.24) is 0 Å². The summed E-state index contributed by atoms with van der Waals surface area (Å²) in [4.78, 5) is 10.5. The molecule has 2 rings (SSSR count). The molecule has 0 radical (unpaired) electrons. The number of nitrogens with zero attached hydrogens (tertiary/aromatic N) is 1. The van der Waals surface area contributed by atoms with Crippen LogP contribution < -0.4 is 4.74 Å². The second-order valence-electron chi connectivity index (χ2n) is 4.27. The van der Waals surface area contributed by atoms with E-state index < -0.39 is 11.0 Å². The molecule has 1 heterocycles. The van der Waals surface area contributed by atoms with Crippen LogP contribution in [0.1, 0.15) is 25.2 Å². The number of aliphatic hydroxyl groups is 1. The summed E-state index contributed by atoms with van der Waals surface area (Å²) in [6.07, 6.45) is -0.132. The summed E-state index contributed by atoms with van der Waals surface area (Å²) in [6.45, 7) is 1.84. The van der Waals surface area contributed by atoms with Crippen molar-refractivity contribution in [2.75, 3.05) is 7.11 Å². The molecular formula is C14H15NO5. The van der Waals surface area contributed by atoms with Crippen LogP contribution in [0.5, 0.6) is 5.75 Å². The number of furan rings is 1. The number of nitro groups is 1. The standard InChI is InChI=1S/C14H15NO5/c1-3-11(16)14-7-6-12(20-14)9-4-5-13(19-2)10(8-9)15(17)18/h4-8,11,16H,3H2,1-2H3. The van der Waals surface area contributed by atoms with Gasteiger partial charge in [-0.1, -0.05) is 6.92 Å². The predicted octanol–water partition coefficient (Wildman–Crippen LogP) is 3.31. The first kappa shape index (κ1) is 14.1. The Hall–Kier alpha value is -2.34. The van der Waals surface area contributed by atoms with Crippen molar-refractivity contribution in [3.05, 3.63) is 46.2 Å². The fraction of sp³-hybridized carbons (Fsp3) is 0.286. The normalized spacial score (nSPS) is 12.2. The van der Waals surface area contributed by atoms with Crippen molar-refractivity contribution in [2.45, 2.75) is 19.4 Å². The minimum atomic E-state index is -0.669. The molecule has 6 heteroatoms. The first-order valence-electron chi connectivity index (χ1n) is 6.17. The summed E-state index contributed by atoms with van der Waals surface area (Å²) in [7, 11) is 1.38. The minimum Gasteiger partial charge on any atom is -0.490 e. The van der Waals surface area contributed by atoms with Crippen molar-refractivity contribution < 1.29 is 19.2 Å². The number of aliphatic hydroxyl groups excluding tert-OH is 1. The molecule has 1 aromatic heterocycles. The van der Waals surface area contributed by atoms with Crippen molar-refractivity contribution >= 4 is 5.69 Å². The molecule has 0 aliphatic heterocycles. The van der Waals surface area contributed by atoms with Crippen molar-refractivity contribution in [3.63, 3.8) is 0 Å². The molecule has 0 aliphatic carbocycles. The number of nitro benzene ring substituents is 1. The van der Waals surface area contributed by atoms with Crippen LogP contribution in [0.3, 0.4) is 0 Å². The first-order chi connectivity index (χ1) is 9.56. The Morgan fingerprint density at radius 1 is 1.40 bits per heavy atom. The summed E-state index contributed by atoms with van der Waals surface area (Å²) in [6, 6.07) is 7.93. The molecule has 0 saturated carbocycles. The molecule has 1 N–H and O–H groups in total. The minimum absolute atomic E-state index is 0.126. The predicted molar refractivity (Wildman–Crippen MR) is 72.6 cm³/mol. The van der Waals surface area contributed by atoms with E-state index in [4.69, 9.17) is 9.15 Å². The lowest BCUT2D eigenvalue weighted by Gasteiger charge is -2.04. The lowest BCUT2D eigenvalue weighted by Crippen LogP contribution is -1.94. The van der Waals surface area contributed by atoms with Crippen LogP contribution >= 0.6 is 0 Å². The molecule has 1 atom stereocenters. The Morgan fingerprint density at radius 3 is 2.75 bits per heavy atom. The topological polar surface area (TPSA) is 85.7 Å². The third-order valence-corrected chi connectivity index (χ3v) is 3.00. The molecule has 0 spiro atoms. The largest absolute Gasteiger partial charge is 0.490 e. The maximum atomic E-state index is 11.0. The number of hydrogen-bond acceptors (Lipinski definition) is 5. The molecule has 0 saturated heterocycles. The summed E-state index contributed by atoms with van der Waals surface area (Å²) in [5.41, 5.74) is 0.436. The second kappa shape index (κ2) is 5.75. The fourth-order valence-electron chi connectivity index (χ4n) is 1.87. The van der Waals surface area contributed by atoms with Crippen molar-refractivity contribution in [1.29, 1.82) is 0 Å². The van der Waals surface area contributed by atoms with E-state index >= 15 is 0 Å². The van der Waals surface area contributed by atoms with Gasteiger partial charge in [-0.05, 0) is 30.7 Å². The van der Waals surface area contributed by atoms with Gasteiger partial charge in [0.25, 0.3) is 0 Å². The number of ether oxygens (including phenoxy) is 1. The van der Waals surface area contributed by atoms with Gasteiger partial charge in [0.15, 0.2) is 5.75 Å². The van der Waals surface area contributed by atoms with Crippen LogP contribution in [0.25, 0.3) is 11.3 Å². The van der Waals surface area contributed by atoms with Crippen LogP contribution in [-0.4, -0.2) is 17.1 Å². The highest BCUT2D eigenvalue weighted by Crippen LogP contribution is 2.33. The molecule has 1 aromatic carbocycles. The summed E-state index contributed by atoms with van der Waals surface area (Å²) in [5.74, 6) is 1.11. The molecule has 6 nitrogen and oxygen atoms in total. The Balaban J connectivity index is 2.40. The van der Waals surface area contributed by atoms with Gasteiger partial charge in [-0.2, -0.15) is 0 Å². The van der Waals surface area contributed by atoms with Gasteiger partial charge in [0, 0.05) is 11.6 Å². The van der Waals surface area contributed by atoms with Crippen LogP contribution in [0, 0.1) is 10.1 Å². The van der Waals surface area contributed by atoms with Gasteiger partial charge >= 0.3 is 5.69 Å². The number of rotatable bonds is 5. The van der Waals surface area contributed by atoms with Crippen LogP contribution in [0.2, 0.25) is 0 Å². The van der Waals surface area contributed by atoms with Crippen LogP contribution in [0.15, 0.2) is 34.7 Å². The second-order valence-corrected chi connectivity index (χ2v) is 4.27. The Morgan fingerprint density at radius 2 is 2.15 bits per heavy atom. The van der Waals surface area contributed by atoms with Gasteiger partial charge in [-0.15, -0.1) is 0 Å². The van der Waals surface area contributed by atoms with Gasteiger partial charge in [0.2, 0.25) is 0 Å². The lowest BCUT2D eigenvalue weighted by molar-refractivity contribution is -0.385. The lowest BCUT2D eigenvalue weighted by atomic mass is 10.1. The monoisotopic (exact) mass is 277 g/mol. The van der Waals surface area contributed by atoms with E-state index in [1.807, 2.05) is 6.92 Å². The van der Waals surface area contributed by atoms with E-state index in [0.29, 0.717) is 23.5 Å². The van der Waals surface area contributed by atoms with Gasteiger partial charge in [0.05, 0.1) is 12.0 Å². The van der Waals surface area contributed by atoms with E-state index in [0.717, 1.165) is 0 Å². The van der Waals surface area contributed by atoms with E-state index in [9.17, 15) is 15.2 Å². The molecule has 20 heavy (non-hydrogen) atoms. The Labute approximate surface area is 115 Å². The highest BCUT2D eigenvalue weighted by atomic mass is 16.6. The Kier molecular flexibility index (Phi) is 4.05. The van der Waals surface area contributed by atoms with E-state index in [1.54, 1.807) is 18.2 Å². The summed E-state index contributed by atoms with van der Waals surface area (Å²) < 4.78 is 10.5. The van der Waals surface area contributed by atoms with Gasteiger partial charge in [-0.3, -0.25) is 10.1 Å². The highest BCUT2D eigenvalue weighted by molar-refractivity contribution is 5.65. The van der Waals surface area contributed by atoms with Crippen LogP contribution in [0.4, 0.5) is 5.69 Å². The molecule has 0 bridgehead atoms. The zero-order valence-corrected chi connectivity index (χ0v) is 11.2.